The molecule has 1 aromatic heterocycles. The predicted octanol–water partition coefficient (Wildman–Crippen LogP) is 4.14. The van der Waals surface area contributed by atoms with Crippen LogP contribution in [-0.4, -0.2) is 22.8 Å². The minimum atomic E-state index is -0.631. The third-order valence-electron chi connectivity index (χ3n) is 4.10. The molecule has 0 saturated heterocycles. The molecular formula is C20H27N3O2S. The number of benzene rings is 1. The lowest BCUT2D eigenvalue weighted by Gasteiger charge is -2.22. The third kappa shape index (κ3) is 5.14. The number of anilines is 1. The van der Waals surface area contributed by atoms with Crippen LogP contribution in [0.1, 0.15) is 55.4 Å². The summed E-state index contributed by atoms with van der Waals surface area (Å²) in [6.07, 6.45) is 1.71. The third-order valence-corrected chi connectivity index (χ3v) is 4.93. The van der Waals surface area contributed by atoms with E-state index in [1.165, 1.54) is 11.3 Å². The summed E-state index contributed by atoms with van der Waals surface area (Å²) >= 11 is 1.41. The Bertz CT molecular complexity index is 773. The van der Waals surface area contributed by atoms with Crippen molar-refractivity contribution in [2.45, 2.75) is 53.0 Å². The van der Waals surface area contributed by atoms with Crippen LogP contribution >= 0.6 is 11.3 Å². The van der Waals surface area contributed by atoms with Crippen LogP contribution in [0.2, 0.25) is 0 Å². The lowest BCUT2D eigenvalue weighted by atomic mass is 9.86. The van der Waals surface area contributed by atoms with E-state index in [0.717, 1.165) is 10.4 Å². The van der Waals surface area contributed by atoms with Gasteiger partial charge in [0.2, 0.25) is 5.91 Å². The van der Waals surface area contributed by atoms with Crippen LogP contribution in [0.4, 0.5) is 5.13 Å². The average molecular weight is 374 g/mol. The number of aryl methyl sites for hydroxylation is 1. The van der Waals surface area contributed by atoms with Crippen LogP contribution in [0.3, 0.4) is 0 Å². The quantitative estimate of drug-likeness (QED) is 0.827. The molecule has 0 fully saturated rings. The van der Waals surface area contributed by atoms with Crippen LogP contribution in [0, 0.1) is 12.8 Å². The molecule has 0 aliphatic carbocycles. The van der Waals surface area contributed by atoms with E-state index in [1.807, 2.05) is 32.9 Å². The van der Waals surface area contributed by atoms with Gasteiger partial charge in [-0.25, -0.2) is 4.98 Å². The van der Waals surface area contributed by atoms with E-state index in [2.05, 4.69) is 36.4 Å². The number of nitrogens with zero attached hydrogens (tertiary/aromatic N) is 1. The van der Waals surface area contributed by atoms with E-state index in [0.29, 0.717) is 10.7 Å². The molecular weight excluding hydrogens is 346 g/mol. The summed E-state index contributed by atoms with van der Waals surface area (Å²) in [5.74, 6) is -0.558. The normalized spacial score (nSPS) is 12.7. The van der Waals surface area contributed by atoms with Gasteiger partial charge in [-0.1, -0.05) is 46.8 Å². The van der Waals surface area contributed by atoms with Crippen molar-refractivity contribution >= 4 is 28.3 Å². The van der Waals surface area contributed by atoms with Crippen molar-refractivity contribution in [1.82, 2.24) is 10.3 Å². The van der Waals surface area contributed by atoms with Crippen molar-refractivity contribution < 1.29 is 9.59 Å². The van der Waals surface area contributed by atoms with E-state index in [-0.39, 0.29) is 23.1 Å². The smallest absolute Gasteiger partial charge is 0.251 e. The SMILES string of the molecule is Cc1cnc(NC(=O)[C@@H](NC(=O)c2ccc(C(C)(C)C)cc2)C(C)C)s1. The van der Waals surface area contributed by atoms with Gasteiger partial charge in [-0.3, -0.25) is 9.59 Å². The summed E-state index contributed by atoms with van der Waals surface area (Å²) in [6, 6.07) is 6.88. The zero-order chi connectivity index (χ0) is 19.5. The molecule has 0 bridgehead atoms. The maximum atomic E-state index is 12.6. The van der Waals surface area contributed by atoms with Gasteiger partial charge in [0.25, 0.3) is 5.91 Å². The molecule has 0 aliphatic rings. The van der Waals surface area contributed by atoms with Gasteiger partial charge in [-0.2, -0.15) is 0 Å². The highest BCUT2D eigenvalue weighted by Gasteiger charge is 2.25. The van der Waals surface area contributed by atoms with Crippen molar-refractivity contribution in [3.8, 4) is 0 Å². The Morgan fingerprint density at radius 2 is 1.73 bits per heavy atom. The van der Waals surface area contributed by atoms with E-state index >= 15 is 0 Å². The molecule has 0 unspecified atom stereocenters. The number of nitrogens with one attached hydrogen (secondary N) is 2. The molecule has 2 N–H and O–H groups in total. The Balaban J connectivity index is 2.08. The summed E-state index contributed by atoms with van der Waals surface area (Å²) in [5, 5.41) is 6.17. The van der Waals surface area contributed by atoms with Gasteiger partial charge in [0.05, 0.1) is 0 Å². The second-order valence-corrected chi connectivity index (χ2v) is 9.02. The number of carbonyl (C=O) groups excluding carboxylic acids is 2. The predicted molar refractivity (Wildman–Crippen MR) is 107 cm³/mol. The summed E-state index contributed by atoms with van der Waals surface area (Å²) in [4.78, 5) is 30.3. The first kappa shape index (κ1) is 20.1. The lowest BCUT2D eigenvalue weighted by molar-refractivity contribution is -0.118. The average Bonchev–Trinajstić information content (AvgIpc) is 2.96. The molecule has 26 heavy (non-hydrogen) atoms. The van der Waals surface area contributed by atoms with Crippen molar-refractivity contribution in [2.75, 3.05) is 5.32 Å². The molecule has 1 heterocycles. The molecule has 140 valence electrons. The maximum Gasteiger partial charge on any atom is 0.251 e. The van der Waals surface area contributed by atoms with Gasteiger partial charge in [0, 0.05) is 16.6 Å². The standard InChI is InChI=1S/C20H27N3O2S/c1-12(2)16(18(25)23-19-21-11-13(3)26-19)22-17(24)14-7-9-15(10-8-14)20(4,5)6/h7-12,16H,1-6H3,(H,22,24)(H,21,23,25)/t16-/m0/s1. The van der Waals surface area contributed by atoms with Crippen LogP contribution in [0.5, 0.6) is 0 Å². The fraction of sp³-hybridized carbons (Fsp3) is 0.450. The molecule has 2 rings (SSSR count). The Hall–Kier alpha value is -2.21. The Morgan fingerprint density at radius 3 is 2.19 bits per heavy atom. The second-order valence-electron chi connectivity index (χ2n) is 7.79. The Labute approximate surface area is 159 Å². The Kier molecular flexibility index (Phi) is 6.18. The minimum Gasteiger partial charge on any atom is -0.340 e. The van der Waals surface area contributed by atoms with Gasteiger partial charge in [-0.05, 0) is 36.0 Å². The van der Waals surface area contributed by atoms with E-state index in [4.69, 9.17) is 0 Å². The molecule has 0 radical (unpaired) electrons. The number of rotatable bonds is 5. The largest absolute Gasteiger partial charge is 0.340 e. The van der Waals surface area contributed by atoms with Gasteiger partial charge in [-0.15, -0.1) is 11.3 Å². The minimum absolute atomic E-state index is 0.0290. The topological polar surface area (TPSA) is 71.1 Å². The molecule has 2 aromatic rings. The number of thiazole rings is 1. The summed E-state index contributed by atoms with van der Waals surface area (Å²) in [7, 11) is 0. The number of amides is 2. The molecule has 5 nitrogen and oxygen atoms in total. The highest BCUT2D eigenvalue weighted by atomic mass is 32.1. The fourth-order valence-corrected chi connectivity index (χ4v) is 3.14. The van der Waals surface area contributed by atoms with Gasteiger partial charge >= 0.3 is 0 Å². The van der Waals surface area contributed by atoms with Crippen molar-refractivity contribution in [2.24, 2.45) is 5.92 Å². The van der Waals surface area contributed by atoms with Crippen molar-refractivity contribution in [1.29, 1.82) is 0 Å². The number of hydrogen-bond donors (Lipinski definition) is 2. The van der Waals surface area contributed by atoms with Gasteiger partial charge in [0.15, 0.2) is 5.13 Å². The monoisotopic (exact) mass is 373 g/mol. The van der Waals surface area contributed by atoms with E-state index in [9.17, 15) is 9.59 Å². The maximum absolute atomic E-state index is 12.6. The fourth-order valence-electron chi connectivity index (χ4n) is 2.48. The highest BCUT2D eigenvalue weighted by molar-refractivity contribution is 7.15. The Morgan fingerprint density at radius 1 is 1.12 bits per heavy atom. The van der Waals surface area contributed by atoms with Crippen LogP contribution in [0.15, 0.2) is 30.5 Å². The number of carbonyl (C=O) groups is 2. The van der Waals surface area contributed by atoms with Gasteiger partial charge in [0.1, 0.15) is 6.04 Å². The first-order valence-electron chi connectivity index (χ1n) is 8.72. The molecule has 1 atom stereocenters. The molecule has 0 aliphatic heterocycles. The second kappa shape index (κ2) is 7.99. The highest BCUT2D eigenvalue weighted by Crippen LogP contribution is 2.22. The summed E-state index contributed by atoms with van der Waals surface area (Å²) in [5.41, 5.74) is 1.73. The zero-order valence-corrected chi connectivity index (χ0v) is 17.0. The molecule has 6 heteroatoms. The first-order valence-corrected chi connectivity index (χ1v) is 9.54. The first-order chi connectivity index (χ1) is 12.1. The number of hydrogen-bond acceptors (Lipinski definition) is 4. The number of aromatic nitrogens is 1. The van der Waals surface area contributed by atoms with Crippen molar-refractivity contribution in [3.63, 3.8) is 0 Å². The molecule has 0 saturated carbocycles. The van der Waals surface area contributed by atoms with Crippen LogP contribution in [0.25, 0.3) is 0 Å². The molecule has 2 amide bonds. The molecule has 0 spiro atoms. The van der Waals surface area contributed by atoms with Crippen molar-refractivity contribution in [3.05, 3.63) is 46.5 Å². The van der Waals surface area contributed by atoms with E-state index in [1.54, 1.807) is 18.3 Å². The molecule has 1 aromatic carbocycles. The van der Waals surface area contributed by atoms with Crippen LogP contribution in [-0.2, 0) is 10.2 Å². The van der Waals surface area contributed by atoms with Gasteiger partial charge < -0.3 is 10.6 Å². The summed E-state index contributed by atoms with van der Waals surface area (Å²) < 4.78 is 0. The zero-order valence-electron chi connectivity index (χ0n) is 16.2. The summed E-state index contributed by atoms with van der Waals surface area (Å²) in [6.45, 7) is 12.1. The van der Waals surface area contributed by atoms with Crippen LogP contribution < -0.4 is 10.6 Å². The lowest BCUT2D eigenvalue weighted by Crippen LogP contribution is -2.47. The van der Waals surface area contributed by atoms with E-state index < -0.39 is 6.04 Å².